The van der Waals surface area contributed by atoms with Crippen molar-refractivity contribution in [1.29, 1.82) is 0 Å². The number of anilines is 1. The molecule has 1 aromatic heterocycles. The number of carbonyl (C=O) groups is 1. The molecule has 0 unspecified atom stereocenters. The van der Waals surface area contributed by atoms with E-state index in [0.717, 1.165) is 38.0 Å². The van der Waals surface area contributed by atoms with Crippen LogP contribution in [-0.4, -0.2) is 23.0 Å². The van der Waals surface area contributed by atoms with Crippen LogP contribution in [0.25, 0.3) is 0 Å². The van der Waals surface area contributed by atoms with Gasteiger partial charge >= 0.3 is 0 Å². The Hall–Kier alpha value is -1.58. The van der Waals surface area contributed by atoms with Crippen LogP contribution in [0, 0.1) is 0 Å². The Morgan fingerprint density at radius 1 is 1.20 bits per heavy atom. The third-order valence-corrected chi connectivity index (χ3v) is 3.99. The highest BCUT2D eigenvalue weighted by atomic mass is 16.1. The molecule has 0 aliphatic heterocycles. The summed E-state index contributed by atoms with van der Waals surface area (Å²) in [5.74, 6) is 0.743. The fourth-order valence-electron chi connectivity index (χ4n) is 2.25. The average molecular weight is 277 g/mol. The largest absolute Gasteiger partial charge is 0.370 e. The average Bonchev–Trinajstić information content (AvgIpc) is 2.51. The molecule has 0 atom stereocenters. The zero-order chi connectivity index (χ0) is 15.0. The first-order valence-electron chi connectivity index (χ1n) is 7.63. The van der Waals surface area contributed by atoms with Crippen LogP contribution in [-0.2, 0) is 0 Å². The minimum absolute atomic E-state index is 0.0162. The van der Waals surface area contributed by atoms with Gasteiger partial charge < -0.3 is 10.6 Å². The van der Waals surface area contributed by atoms with Crippen molar-refractivity contribution in [3.05, 3.63) is 23.9 Å². The lowest BCUT2D eigenvalue weighted by Crippen LogP contribution is -2.47. The Balaban J connectivity index is 2.81. The highest BCUT2D eigenvalue weighted by molar-refractivity contribution is 5.95. The first-order chi connectivity index (χ1) is 9.60. The van der Waals surface area contributed by atoms with Gasteiger partial charge in [0.1, 0.15) is 5.82 Å². The smallest absolute Gasteiger partial charge is 0.251 e. The van der Waals surface area contributed by atoms with Crippen molar-refractivity contribution in [3.8, 4) is 0 Å². The summed E-state index contributed by atoms with van der Waals surface area (Å²) in [6, 6.07) is 3.58. The second kappa shape index (κ2) is 7.88. The van der Waals surface area contributed by atoms with Crippen molar-refractivity contribution in [2.24, 2.45) is 0 Å². The third-order valence-electron chi connectivity index (χ3n) is 3.99. The zero-order valence-electron chi connectivity index (χ0n) is 13.1. The molecule has 0 spiro atoms. The van der Waals surface area contributed by atoms with Crippen LogP contribution in [0.3, 0.4) is 0 Å². The van der Waals surface area contributed by atoms with Crippen LogP contribution in [0.2, 0.25) is 0 Å². The SMILES string of the molecule is CCCNc1cc(C(=O)NC(CC)(CC)CC)ccn1. The molecule has 4 nitrogen and oxygen atoms in total. The van der Waals surface area contributed by atoms with Crippen molar-refractivity contribution in [1.82, 2.24) is 10.3 Å². The Morgan fingerprint density at radius 3 is 2.40 bits per heavy atom. The minimum Gasteiger partial charge on any atom is -0.370 e. The molecule has 1 aromatic rings. The molecule has 2 N–H and O–H groups in total. The van der Waals surface area contributed by atoms with E-state index in [1.165, 1.54) is 0 Å². The van der Waals surface area contributed by atoms with Gasteiger partial charge in [0.2, 0.25) is 0 Å². The van der Waals surface area contributed by atoms with Gasteiger partial charge in [-0.05, 0) is 37.8 Å². The van der Waals surface area contributed by atoms with Gasteiger partial charge in [0, 0.05) is 23.8 Å². The molecule has 0 aliphatic carbocycles. The lowest BCUT2D eigenvalue weighted by molar-refractivity contribution is 0.0888. The summed E-state index contributed by atoms with van der Waals surface area (Å²) < 4.78 is 0. The summed E-state index contributed by atoms with van der Waals surface area (Å²) in [6.45, 7) is 9.32. The molecule has 0 aliphatic rings. The van der Waals surface area contributed by atoms with Crippen molar-refractivity contribution >= 4 is 11.7 Å². The maximum absolute atomic E-state index is 12.4. The first kappa shape index (κ1) is 16.5. The first-order valence-corrected chi connectivity index (χ1v) is 7.63. The number of aromatic nitrogens is 1. The molecule has 0 fully saturated rings. The number of pyridine rings is 1. The van der Waals surface area contributed by atoms with E-state index in [1.54, 1.807) is 12.3 Å². The molecular formula is C16H27N3O. The van der Waals surface area contributed by atoms with Gasteiger partial charge in [0.25, 0.3) is 5.91 Å². The van der Waals surface area contributed by atoms with Crippen LogP contribution in [0.4, 0.5) is 5.82 Å². The van der Waals surface area contributed by atoms with Crippen LogP contribution in [0.1, 0.15) is 63.7 Å². The second-order valence-electron chi connectivity index (χ2n) is 5.15. The van der Waals surface area contributed by atoms with E-state index in [2.05, 4.69) is 43.3 Å². The molecule has 0 saturated heterocycles. The molecule has 1 heterocycles. The zero-order valence-corrected chi connectivity index (χ0v) is 13.1. The standard InChI is InChI=1S/C16H27N3O/c1-5-10-17-14-12-13(9-11-18-14)15(20)19-16(6-2,7-3)8-4/h9,11-12H,5-8,10H2,1-4H3,(H,17,18)(H,19,20). The van der Waals surface area contributed by atoms with Gasteiger partial charge in [-0.2, -0.15) is 0 Å². The van der Waals surface area contributed by atoms with Crippen LogP contribution in [0.5, 0.6) is 0 Å². The highest BCUT2D eigenvalue weighted by Crippen LogP contribution is 2.20. The lowest BCUT2D eigenvalue weighted by atomic mass is 9.89. The van der Waals surface area contributed by atoms with Crippen molar-refractivity contribution < 1.29 is 4.79 Å². The summed E-state index contributed by atoms with van der Waals surface area (Å²) in [4.78, 5) is 16.6. The molecule has 0 radical (unpaired) electrons. The molecule has 0 aromatic carbocycles. The van der Waals surface area contributed by atoms with Gasteiger partial charge in [0.15, 0.2) is 0 Å². The molecule has 1 amide bonds. The fraction of sp³-hybridized carbons (Fsp3) is 0.625. The molecule has 112 valence electrons. The topological polar surface area (TPSA) is 54.0 Å². The summed E-state index contributed by atoms with van der Waals surface area (Å²) in [7, 11) is 0. The Kier molecular flexibility index (Phi) is 6.49. The van der Waals surface area contributed by atoms with Crippen LogP contribution >= 0.6 is 0 Å². The van der Waals surface area contributed by atoms with E-state index in [4.69, 9.17) is 0 Å². The number of hydrogen-bond acceptors (Lipinski definition) is 3. The van der Waals surface area contributed by atoms with Crippen molar-refractivity contribution in [2.45, 2.75) is 58.9 Å². The normalized spacial score (nSPS) is 11.2. The van der Waals surface area contributed by atoms with E-state index in [9.17, 15) is 4.79 Å². The van der Waals surface area contributed by atoms with Gasteiger partial charge in [-0.25, -0.2) is 4.98 Å². The Morgan fingerprint density at radius 2 is 1.85 bits per heavy atom. The molecule has 20 heavy (non-hydrogen) atoms. The van der Waals surface area contributed by atoms with Crippen LogP contribution < -0.4 is 10.6 Å². The van der Waals surface area contributed by atoms with Gasteiger partial charge in [-0.3, -0.25) is 4.79 Å². The van der Waals surface area contributed by atoms with Crippen molar-refractivity contribution in [3.63, 3.8) is 0 Å². The number of amides is 1. The lowest BCUT2D eigenvalue weighted by Gasteiger charge is -2.31. The Labute approximate surface area is 122 Å². The molecule has 1 rings (SSSR count). The van der Waals surface area contributed by atoms with E-state index in [0.29, 0.717) is 5.56 Å². The predicted molar refractivity (Wildman–Crippen MR) is 84.1 cm³/mol. The maximum Gasteiger partial charge on any atom is 0.251 e. The monoisotopic (exact) mass is 277 g/mol. The fourth-order valence-corrected chi connectivity index (χ4v) is 2.25. The van der Waals surface area contributed by atoms with E-state index < -0.39 is 0 Å². The van der Waals surface area contributed by atoms with Gasteiger partial charge in [-0.15, -0.1) is 0 Å². The van der Waals surface area contributed by atoms with Gasteiger partial charge in [-0.1, -0.05) is 27.7 Å². The van der Waals surface area contributed by atoms with E-state index >= 15 is 0 Å². The maximum atomic E-state index is 12.4. The van der Waals surface area contributed by atoms with Crippen molar-refractivity contribution in [2.75, 3.05) is 11.9 Å². The summed E-state index contributed by atoms with van der Waals surface area (Å²) >= 11 is 0. The van der Waals surface area contributed by atoms with Crippen LogP contribution in [0.15, 0.2) is 18.3 Å². The molecule has 4 heteroatoms. The summed E-state index contributed by atoms with van der Waals surface area (Å²) in [5.41, 5.74) is 0.565. The van der Waals surface area contributed by atoms with E-state index in [-0.39, 0.29) is 11.4 Å². The molecule has 0 bridgehead atoms. The third kappa shape index (κ3) is 4.22. The molecular weight excluding hydrogens is 250 g/mol. The van der Waals surface area contributed by atoms with Gasteiger partial charge in [0.05, 0.1) is 0 Å². The predicted octanol–water partition coefficient (Wildman–Crippen LogP) is 3.60. The second-order valence-corrected chi connectivity index (χ2v) is 5.15. The summed E-state index contributed by atoms with van der Waals surface area (Å²) in [5, 5.41) is 6.39. The number of nitrogens with one attached hydrogen (secondary N) is 2. The number of nitrogens with zero attached hydrogens (tertiary/aromatic N) is 1. The Bertz CT molecular complexity index is 419. The number of carbonyl (C=O) groups excluding carboxylic acids is 1. The number of rotatable bonds is 8. The quantitative estimate of drug-likeness (QED) is 0.763. The molecule has 0 saturated carbocycles. The number of hydrogen-bond donors (Lipinski definition) is 2. The summed E-state index contributed by atoms with van der Waals surface area (Å²) in [6.07, 6.45) is 5.54. The highest BCUT2D eigenvalue weighted by Gasteiger charge is 2.26. The van der Waals surface area contributed by atoms with E-state index in [1.807, 2.05) is 6.07 Å². The minimum atomic E-state index is -0.0998.